The van der Waals surface area contributed by atoms with Crippen molar-refractivity contribution >= 4 is 41.1 Å². The molecule has 0 bridgehead atoms. The van der Waals surface area contributed by atoms with Gasteiger partial charge in [0, 0.05) is 0 Å². The van der Waals surface area contributed by atoms with Gasteiger partial charge < -0.3 is 0 Å². The first-order valence-corrected chi connectivity index (χ1v) is 29.3. The number of fused-ring (bicyclic) bond motifs is 6. The number of rotatable bonds is 4. The predicted molar refractivity (Wildman–Crippen MR) is 266 cm³/mol. The summed E-state index contributed by atoms with van der Waals surface area (Å²) in [4.78, 5) is 0. The van der Waals surface area contributed by atoms with Crippen LogP contribution in [0.5, 0.6) is 0 Å². The minimum atomic E-state index is -5.42. The molecule has 4 atom stereocenters. The van der Waals surface area contributed by atoms with Gasteiger partial charge >= 0.3 is 357 Å². The summed E-state index contributed by atoms with van der Waals surface area (Å²) in [5.74, 6) is 0.693. The molecule has 0 nitrogen and oxygen atoms in total. The summed E-state index contributed by atoms with van der Waals surface area (Å²) in [5, 5.41) is 0. The van der Waals surface area contributed by atoms with Crippen LogP contribution in [0, 0.1) is 33.5 Å². The third kappa shape index (κ3) is 5.52. The normalized spacial score (nSPS) is 27.8. The molecule has 60 heavy (non-hydrogen) atoms. The third-order valence-electron chi connectivity index (χ3n) is 19.1. The summed E-state index contributed by atoms with van der Waals surface area (Å²) in [6.45, 7) is 40.7. The molecule has 8 rings (SSSR count). The van der Waals surface area contributed by atoms with Gasteiger partial charge in [0.25, 0.3) is 0 Å². The Morgan fingerprint density at radius 1 is 0.683 bits per heavy atom. The fraction of sp³-hybridized carbons (Fsp3) is 0.491. The van der Waals surface area contributed by atoms with E-state index in [0.29, 0.717) is 5.92 Å². The zero-order valence-corrected chi connectivity index (χ0v) is 44.1. The molecule has 4 unspecified atom stereocenters. The van der Waals surface area contributed by atoms with E-state index in [9.17, 15) is 0 Å². The van der Waals surface area contributed by atoms with Crippen LogP contribution in [0.2, 0.25) is 3.12 Å². The van der Waals surface area contributed by atoms with Gasteiger partial charge in [0.2, 0.25) is 0 Å². The topological polar surface area (TPSA) is 0 Å². The van der Waals surface area contributed by atoms with Gasteiger partial charge in [0.15, 0.2) is 0 Å². The molecule has 0 aromatic heterocycles. The second-order valence-electron chi connectivity index (χ2n) is 23.7. The first kappa shape index (κ1) is 47.2. The zero-order valence-electron chi connectivity index (χ0n) is 40.0. The van der Waals surface area contributed by atoms with E-state index < -0.39 is 18.3 Å². The summed E-state index contributed by atoms with van der Waals surface area (Å²) >= 11 is -5.42. The quantitative estimate of drug-likeness (QED) is 0.245. The van der Waals surface area contributed by atoms with Crippen LogP contribution in [-0.4, -0.2) is 4.21 Å². The summed E-state index contributed by atoms with van der Waals surface area (Å²) in [7, 11) is 0. The minimum absolute atomic E-state index is 0. The first-order chi connectivity index (χ1) is 26.7. The molecule has 0 N–H and O–H groups in total. The van der Waals surface area contributed by atoms with Gasteiger partial charge in [-0.1, -0.05) is 0 Å². The molecule has 3 aromatic rings. The Morgan fingerprint density at radius 2 is 1.20 bits per heavy atom. The van der Waals surface area contributed by atoms with E-state index in [1.54, 1.807) is 25.6 Å². The number of hydrogen-bond donors (Lipinski definition) is 0. The van der Waals surface area contributed by atoms with Gasteiger partial charge in [0.1, 0.15) is 0 Å². The molecule has 5 aliphatic rings. The van der Waals surface area contributed by atoms with Crippen LogP contribution >= 0.6 is 24.8 Å². The third-order valence-corrected chi connectivity index (χ3v) is 39.2. The van der Waals surface area contributed by atoms with Crippen LogP contribution in [-0.2, 0) is 35.5 Å². The van der Waals surface area contributed by atoms with Crippen molar-refractivity contribution < 1.29 is 18.3 Å². The van der Waals surface area contributed by atoms with Crippen molar-refractivity contribution in [2.45, 2.75) is 144 Å². The maximum absolute atomic E-state index is 6.33. The second-order valence-corrected chi connectivity index (χ2v) is 37.5. The predicted octanol–water partition coefficient (Wildman–Crippen LogP) is 15.2. The van der Waals surface area contributed by atoms with E-state index in [2.05, 4.69) is 208 Å². The summed E-state index contributed by atoms with van der Waals surface area (Å²) in [5.41, 5.74) is 13.3. The van der Waals surface area contributed by atoms with E-state index in [1.807, 2.05) is 0 Å². The molecule has 3 aromatic carbocycles. The molecule has 0 aliphatic heterocycles. The van der Waals surface area contributed by atoms with E-state index in [1.165, 1.54) is 40.8 Å². The van der Waals surface area contributed by atoms with Gasteiger partial charge in [-0.25, -0.2) is 0 Å². The molecule has 5 aliphatic carbocycles. The Hall–Kier alpha value is -2.31. The summed E-state index contributed by atoms with van der Waals surface area (Å²) in [6.07, 6.45) is 13.6. The van der Waals surface area contributed by atoms with Gasteiger partial charge in [-0.2, -0.15) is 0 Å². The van der Waals surface area contributed by atoms with Crippen LogP contribution in [0.15, 0.2) is 123 Å². The van der Waals surface area contributed by atoms with Crippen LogP contribution in [0.3, 0.4) is 0 Å². The number of allylic oxidation sites excluding steroid dienone is 10. The summed E-state index contributed by atoms with van der Waals surface area (Å²) < 4.78 is 10.6. The SMILES string of the molecule is Cl.Cl.[CH2]=[Zr]([C]1=CC(C)=CC1C)([c]1ccc(C(C)(C)C)cc1)([c]1ccc(C(C)(C)C)cc1)[C]1(C)C2=C3Cc4ccccc4C3=C3C=CCCC3C2(C)C(C)(C)C(C)(C)C1(C)C. The molecule has 1 saturated carbocycles. The van der Waals surface area contributed by atoms with Crippen molar-refractivity contribution in [3.05, 3.63) is 145 Å². The van der Waals surface area contributed by atoms with E-state index >= 15 is 0 Å². The average molecular weight is 923 g/mol. The molecular weight excluding hydrogens is 847 g/mol. The molecule has 1 fully saturated rings. The van der Waals surface area contributed by atoms with E-state index in [4.69, 9.17) is 4.21 Å². The van der Waals surface area contributed by atoms with Gasteiger partial charge in [-0.15, -0.1) is 24.8 Å². The van der Waals surface area contributed by atoms with Crippen LogP contribution in [0.25, 0.3) is 5.57 Å². The Labute approximate surface area is 379 Å². The second kappa shape index (κ2) is 14.4. The van der Waals surface area contributed by atoms with Crippen LogP contribution in [0.1, 0.15) is 146 Å². The van der Waals surface area contributed by atoms with Crippen LogP contribution < -0.4 is 6.54 Å². The van der Waals surface area contributed by atoms with Crippen molar-refractivity contribution in [3.8, 4) is 0 Å². The van der Waals surface area contributed by atoms with E-state index in [0.717, 1.165) is 12.8 Å². The first-order valence-electron chi connectivity index (χ1n) is 22.6. The standard InChI is InChI=1S/C29H37.2C10H13.C7H9.CH2.2ClH.Zr/c1-18-25-22-17-19-13-9-10-14-20(19)24(22)21-15-11-12-16-23(21)29(25,8)28(6,7)27(4,5)26(18,2)3;2*1-10(2,3)9-7-5-4-6-8-9;1-6-3-4-7(2)5-6;;;;/h9-11,13-15,23H,12,16-17H2,1-8H3;2*5-8H,1-3H3;3,5,7H,1-2H3;1H2;2*1H;. The molecule has 0 radical (unpaired) electrons. The molecule has 0 heterocycles. The number of halogens is 2. The Balaban J connectivity index is 0.00000302. The van der Waals surface area contributed by atoms with Gasteiger partial charge in [0.05, 0.1) is 0 Å². The maximum atomic E-state index is 6.33. The molecular formula is C57H76Cl2Zr. The van der Waals surface area contributed by atoms with Gasteiger partial charge in [-0.05, 0) is 0 Å². The monoisotopic (exact) mass is 920 g/mol. The Kier molecular flexibility index (Phi) is 11.3. The molecule has 0 saturated heterocycles. The van der Waals surface area contributed by atoms with Crippen molar-refractivity contribution in [2.24, 2.45) is 33.5 Å². The van der Waals surface area contributed by atoms with E-state index in [-0.39, 0.29) is 66.3 Å². The van der Waals surface area contributed by atoms with Crippen molar-refractivity contribution in [1.82, 2.24) is 0 Å². The van der Waals surface area contributed by atoms with Crippen molar-refractivity contribution in [2.75, 3.05) is 0 Å². The zero-order chi connectivity index (χ0) is 42.5. The average Bonchev–Trinajstić information content (AvgIpc) is 3.72. The summed E-state index contributed by atoms with van der Waals surface area (Å²) in [6, 6.07) is 29.8. The fourth-order valence-corrected chi connectivity index (χ4v) is 36.2. The Bertz CT molecular complexity index is 2400. The Morgan fingerprint density at radius 3 is 1.68 bits per heavy atom. The van der Waals surface area contributed by atoms with Crippen molar-refractivity contribution in [3.63, 3.8) is 0 Å². The number of benzene rings is 3. The number of hydrogen-bond acceptors (Lipinski definition) is 0. The van der Waals surface area contributed by atoms with Crippen molar-refractivity contribution in [1.29, 1.82) is 0 Å². The molecule has 3 heteroatoms. The molecule has 0 amide bonds. The molecule has 0 spiro atoms. The van der Waals surface area contributed by atoms with Crippen LogP contribution in [0.4, 0.5) is 0 Å². The van der Waals surface area contributed by atoms with Gasteiger partial charge in [-0.3, -0.25) is 0 Å². The molecule has 322 valence electrons. The fourth-order valence-electron chi connectivity index (χ4n) is 14.5.